The first-order valence-corrected chi connectivity index (χ1v) is 13.9. The van der Waals surface area contributed by atoms with E-state index in [0.717, 1.165) is 11.1 Å². The van der Waals surface area contributed by atoms with Gasteiger partial charge in [0.05, 0.1) is 25.1 Å². The molecule has 1 saturated heterocycles. The van der Waals surface area contributed by atoms with Crippen molar-refractivity contribution in [2.24, 2.45) is 0 Å². The number of nitrogens with one attached hydrogen (secondary N) is 1. The van der Waals surface area contributed by atoms with Crippen LogP contribution in [-0.2, 0) is 18.4 Å². The molecule has 0 unspecified atom stereocenters. The molecule has 1 aliphatic rings. The second kappa shape index (κ2) is 12.8. The molecule has 2 aromatic rings. The number of amides is 3. The number of carbonyl (C=O) groups excluding carboxylic acids is 2. The van der Waals surface area contributed by atoms with Crippen LogP contribution in [0.4, 0.5) is 4.79 Å². The lowest BCUT2D eigenvalue weighted by Crippen LogP contribution is -2.56. The number of pyridine rings is 1. The molecule has 0 bridgehead atoms. The van der Waals surface area contributed by atoms with Gasteiger partial charge in [-0.2, -0.15) is 0 Å². The summed E-state index contributed by atoms with van der Waals surface area (Å²) in [6, 6.07) is 11.6. The summed E-state index contributed by atoms with van der Waals surface area (Å²) in [5, 5.41) is 11.9. The fourth-order valence-corrected chi connectivity index (χ4v) is 5.82. The average Bonchev–Trinajstić information content (AvgIpc) is 2.88. The van der Waals surface area contributed by atoms with Crippen molar-refractivity contribution < 1.29 is 33.1 Å². The van der Waals surface area contributed by atoms with E-state index in [1.807, 2.05) is 43.3 Å². The van der Waals surface area contributed by atoms with E-state index in [1.165, 1.54) is 9.80 Å². The van der Waals surface area contributed by atoms with Gasteiger partial charge in [-0.15, -0.1) is 0 Å². The first kappa shape index (κ1) is 28.3. The van der Waals surface area contributed by atoms with E-state index < -0.39 is 31.5 Å². The highest BCUT2D eigenvalue weighted by atomic mass is 31.2. The summed E-state index contributed by atoms with van der Waals surface area (Å²) in [6.07, 6.45) is -1.43. The molecule has 37 heavy (non-hydrogen) atoms. The average molecular weight is 533 g/mol. The normalized spacial score (nSPS) is 14.8. The van der Waals surface area contributed by atoms with Crippen molar-refractivity contribution in [3.8, 4) is 11.3 Å². The minimum Gasteiger partial charge on any atom is -0.465 e. The van der Waals surface area contributed by atoms with Crippen LogP contribution in [0.2, 0.25) is 0 Å². The molecular weight excluding hydrogens is 499 g/mol. The molecule has 3 amide bonds. The van der Waals surface area contributed by atoms with Gasteiger partial charge in [-0.05, 0) is 38.5 Å². The molecule has 11 nitrogen and oxygen atoms in total. The van der Waals surface area contributed by atoms with Crippen LogP contribution >= 0.6 is 7.60 Å². The third kappa shape index (κ3) is 7.61. The van der Waals surface area contributed by atoms with Gasteiger partial charge in [0.25, 0.3) is 5.91 Å². The van der Waals surface area contributed by atoms with Crippen LogP contribution in [0.15, 0.2) is 42.5 Å². The van der Waals surface area contributed by atoms with Crippen LogP contribution in [0.3, 0.4) is 0 Å². The van der Waals surface area contributed by atoms with Crippen LogP contribution in [0.5, 0.6) is 0 Å². The molecule has 2 heterocycles. The van der Waals surface area contributed by atoms with E-state index in [4.69, 9.17) is 9.05 Å². The van der Waals surface area contributed by atoms with Crippen molar-refractivity contribution >= 4 is 25.5 Å². The molecule has 1 aliphatic heterocycles. The summed E-state index contributed by atoms with van der Waals surface area (Å²) < 4.78 is 24.1. The van der Waals surface area contributed by atoms with Gasteiger partial charge in [0.15, 0.2) is 0 Å². The molecule has 200 valence electrons. The van der Waals surface area contributed by atoms with Crippen LogP contribution in [-0.4, -0.2) is 89.4 Å². The van der Waals surface area contributed by atoms with Gasteiger partial charge in [0.1, 0.15) is 11.7 Å². The molecule has 3 rings (SSSR count). The Morgan fingerprint density at radius 3 is 2.19 bits per heavy atom. The van der Waals surface area contributed by atoms with Gasteiger partial charge in [-0.3, -0.25) is 14.2 Å². The summed E-state index contributed by atoms with van der Waals surface area (Å²) in [4.78, 5) is 45.2. The van der Waals surface area contributed by atoms with E-state index in [9.17, 15) is 24.1 Å². The number of hydrogen-bond acceptors (Lipinski definition) is 7. The van der Waals surface area contributed by atoms with Crippen LogP contribution in [0.25, 0.3) is 11.3 Å². The topological polar surface area (TPSA) is 138 Å². The number of carboxylic acid groups (broad SMARTS) is 1. The molecule has 1 aromatic carbocycles. The zero-order valence-electron chi connectivity index (χ0n) is 21.3. The maximum atomic E-state index is 13.5. The van der Waals surface area contributed by atoms with Gasteiger partial charge >= 0.3 is 13.7 Å². The Labute approximate surface area is 216 Å². The van der Waals surface area contributed by atoms with Gasteiger partial charge in [-0.1, -0.05) is 30.3 Å². The quantitative estimate of drug-likeness (QED) is 0.445. The van der Waals surface area contributed by atoms with Crippen molar-refractivity contribution in [2.75, 3.05) is 45.6 Å². The number of hydrogen-bond donors (Lipinski definition) is 2. The molecule has 12 heteroatoms. The number of aromatic nitrogens is 1. The van der Waals surface area contributed by atoms with E-state index in [-0.39, 0.29) is 51.2 Å². The van der Waals surface area contributed by atoms with E-state index >= 15 is 0 Å². The zero-order valence-corrected chi connectivity index (χ0v) is 22.1. The first-order valence-electron chi connectivity index (χ1n) is 12.2. The highest BCUT2D eigenvalue weighted by molar-refractivity contribution is 7.54. The standard InChI is InChI=1S/C25H33N4O7P/c1-4-35-37(34,36-5-2)17-22(24(31)28-11-13-29(14-12-28)25(32)33)27-23(30)21-16-18(3)15-20(26-21)19-9-7-6-8-10-19/h6-10,15-16,22H,4-5,11-14,17H2,1-3H3,(H,27,30)(H,32,33)/t22-/m0/s1. The summed E-state index contributed by atoms with van der Waals surface area (Å²) in [5.74, 6) is -1.10. The van der Waals surface area contributed by atoms with Crippen molar-refractivity contribution in [2.45, 2.75) is 26.8 Å². The molecule has 0 aliphatic carbocycles. The Morgan fingerprint density at radius 2 is 1.62 bits per heavy atom. The van der Waals surface area contributed by atoms with Crippen molar-refractivity contribution in [1.82, 2.24) is 20.1 Å². The monoisotopic (exact) mass is 532 g/mol. The van der Waals surface area contributed by atoms with Gasteiger partial charge < -0.3 is 29.3 Å². The van der Waals surface area contributed by atoms with Gasteiger partial charge in [0, 0.05) is 31.7 Å². The smallest absolute Gasteiger partial charge is 0.407 e. The van der Waals surface area contributed by atoms with Crippen molar-refractivity contribution in [3.05, 3.63) is 53.7 Å². The predicted molar refractivity (Wildman–Crippen MR) is 138 cm³/mol. The molecule has 1 fully saturated rings. The second-order valence-electron chi connectivity index (χ2n) is 8.53. The number of rotatable bonds is 10. The lowest BCUT2D eigenvalue weighted by Gasteiger charge is -2.35. The predicted octanol–water partition coefficient (Wildman–Crippen LogP) is 3.24. The SMILES string of the molecule is CCOP(=O)(C[C@H](NC(=O)c1cc(C)cc(-c2ccccc2)n1)C(=O)N1CCN(C(=O)O)CC1)OCC. The first-order chi connectivity index (χ1) is 17.7. The van der Waals surface area contributed by atoms with Gasteiger partial charge in [0.2, 0.25) is 5.91 Å². The van der Waals surface area contributed by atoms with E-state index in [0.29, 0.717) is 5.69 Å². The minimum absolute atomic E-state index is 0.100. The van der Waals surface area contributed by atoms with Crippen LogP contribution in [0, 0.1) is 6.92 Å². The maximum absolute atomic E-state index is 13.5. The zero-order chi connectivity index (χ0) is 27.0. The number of piperazine rings is 1. The maximum Gasteiger partial charge on any atom is 0.407 e. The summed E-state index contributed by atoms with van der Waals surface area (Å²) in [5.41, 5.74) is 2.35. The number of benzene rings is 1. The lowest BCUT2D eigenvalue weighted by atomic mass is 10.1. The molecule has 0 spiro atoms. The number of carbonyl (C=O) groups is 3. The summed E-state index contributed by atoms with van der Waals surface area (Å²) in [7, 11) is -3.71. The highest BCUT2D eigenvalue weighted by Gasteiger charge is 2.37. The Hall–Kier alpha value is -3.27. The Bertz CT molecular complexity index is 1140. The highest BCUT2D eigenvalue weighted by Crippen LogP contribution is 2.48. The fourth-order valence-electron chi connectivity index (χ4n) is 4.06. The van der Waals surface area contributed by atoms with Crippen LogP contribution < -0.4 is 5.32 Å². The van der Waals surface area contributed by atoms with Crippen molar-refractivity contribution in [1.29, 1.82) is 0 Å². The minimum atomic E-state index is -3.71. The van der Waals surface area contributed by atoms with E-state index in [2.05, 4.69) is 10.3 Å². The molecule has 2 N–H and O–H groups in total. The fraction of sp³-hybridized carbons (Fsp3) is 0.440. The lowest BCUT2D eigenvalue weighted by molar-refractivity contribution is -0.134. The number of nitrogens with zero attached hydrogens (tertiary/aromatic N) is 3. The second-order valence-corrected chi connectivity index (χ2v) is 10.6. The third-order valence-electron chi connectivity index (χ3n) is 5.79. The third-order valence-corrected chi connectivity index (χ3v) is 7.91. The van der Waals surface area contributed by atoms with E-state index in [1.54, 1.807) is 19.9 Å². The Balaban J connectivity index is 1.86. The molecule has 0 radical (unpaired) electrons. The van der Waals surface area contributed by atoms with Gasteiger partial charge in [-0.25, -0.2) is 9.78 Å². The molecule has 0 saturated carbocycles. The van der Waals surface area contributed by atoms with Crippen LogP contribution in [0.1, 0.15) is 29.9 Å². The summed E-state index contributed by atoms with van der Waals surface area (Å²) in [6.45, 7) is 5.92. The van der Waals surface area contributed by atoms with Crippen molar-refractivity contribution in [3.63, 3.8) is 0 Å². The largest absolute Gasteiger partial charge is 0.465 e. The summed E-state index contributed by atoms with van der Waals surface area (Å²) >= 11 is 0. The molecular formula is C25H33N4O7P. The molecule has 1 atom stereocenters. The number of aryl methyl sites for hydroxylation is 1. The molecule has 1 aromatic heterocycles. The Kier molecular flexibility index (Phi) is 9.79. The Morgan fingerprint density at radius 1 is 1.03 bits per heavy atom.